The summed E-state index contributed by atoms with van der Waals surface area (Å²) in [5, 5.41) is 11.9. The first-order valence-electron chi connectivity index (χ1n) is 6.21. The Labute approximate surface area is 112 Å². The van der Waals surface area contributed by atoms with E-state index in [1.165, 1.54) is 7.11 Å². The summed E-state index contributed by atoms with van der Waals surface area (Å²) < 4.78 is 10.9. The van der Waals surface area contributed by atoms with Gasteiger partial charge in [0.2, 0.25) is 5.91 Å². The standard InChI is InChI=1S/C14H16N2O3/c1-18-12-4-2-3-11(8-15)14(12)19-9-10-5-6-16-13(17)7-10/h2-4,10H,5-7,9H2,1H3,(H,16,17). The third-order valence-corrected chi connectivity index (χ3v) is 3.13. The Morgan fingerprint density at radius 2 is 2.37 bits per heavy atom. The third-order valence-electron chi connectivity index (χ3n) is 3.13. The molecule has 1 fully saturated rings. The molecule has 0 spiro atoms. The van der Waals surface area contributed by atoms with E-state index in [0.717, 1.165) is 6.42 Å². The van der Waals surface area contributed by atoms with Crippen LogP contribution in [0, 0.1) is 17.2 Å². The van der Waals surface area contributed by atoms with Crippen molar-refractivity contribution in [3.05, 3.63) is 23.8 Å². The fourth-order valence-electron chi connectivity index (χ4n) is 2.11. The Morgan fingerprint density at radius 3 is 3.05 bits per heavy atom. The fourth-order valence-corrected chi connectivity index (χ4v) is 2.11. The second-order valence-electron chi connectivity index (χ2n) is 4.47. The minimum absolute atomic E-state index is 0.0559. The highest BCUT2D eigenvalue weighted by molar-refractivity contribution is 5.76. The molecule has 0 bridgehead atoms. The van der Waals surface area contributed by atoms with Crippen molar-refractivity contribution in [2.45, 2.75) is 12.8 Å². The first kappa shape index (κ1) is 13.2. The lowest BCUT2D eigenvalue weighted by atomic mass is 9.99. The molecule has 0 aromatic heterocycles. The van der Waals surface area contributed by atoms with E-state index in [4.69, 9.17) is 14.7 Å². The van der Waals surface area contributed by atoms with Crippen LogP contribution in [0.3, 0.4) is 0 Å². The van der Waals surface area contributed by atoms with Crippen molar-refractivity contribution in [3.63, 3.8) is 0 Å². The van der Waals surface area contributed by atoms with E-state index in [2.05, 4.69) is 11.4 Å². The van der Waals surface area contributed by atoms with Gasteiger partial charge < -0.3 is 14.8 Å². The molecule has 1 aliphatic rings. The summed E-state index contributed by atoms with van der Waals surface area (Å²) in [6.45, 7) is 1.10. The second-order valence-corrected chi connectivity index (χ2v) is 4.47. The molecule has 2 rings (SSSR count). The molecule has 1 N–H and O–H groups in total. The molecule has 0 radical (unpaired) electrons. The molecule has 1 unspecified atom stereocenters. The smallest absolute Gasteiger partial charge is 0.220 e. The zero-order valence-electron chi connectivity index (χ0n) is 10.8. The average Bonchev–Trinajstić information content (AvgIpc) is 2.44. The van der Waals surface area contributed by atoms with Gasteiger partial charge in [0.25, 0.3) is 0 Å². The molecule has 1 atom stereocenters. The average molecular weight is 260 g/mol. The molecule has 100 valence electrons. The van der Waals surface area contributed by atoms with Gasteiger partial charge in [0.15, 0.2) is 11.5 Å². The van der Waals surface area contributed by atoms with E-state index in [0.29, 0.717) is 36.6 Å². The zero-order chi connectivity index (χ0) is 13.7. The Bertz CT molecular complexity index is 508. The summed E-state index contributed by atoms with van der Waals surface area (Å²) in [5.74, 6) is 1.24. The Morgan fingerprint density at radius 1 is 1.53 bits per heavy atom. The predicted octanol–water partition coefficient (Wildman–Crippen LogP) is 1.47. The van der Waals surface area contributed by atoms with Crippen molar-refractivity contribution in [1.82, 2.24) is 5.32 Å². The van der Waals surface area contributed by atoms with Gasteiger partial charge >= 0.3 is 0 Å². The van der Waals surface area contributed by atoms with Crippen LogP contribution in [0.2, 0.25) is 0 Å². The molecule has 1 heterocycles. The van der Waals surface area contributed by atoms with Gasteiger partial charge in [-0.15, -0.1) is 0 Å². The number of hydrogen-bond donors (Lipinski definition) is 1. The topological polar surface area (TPSA) is 71.3 Å². The SMILES string of the molecule is COc1cccc(C#N)c1OCC1CCNC(=O)C1. The van der Waals surface area contributed by atoms with Crippen molar-refractivity contribution in [2.75, 3.05) is 20.3 Å². The predicted molar refractivity (Wildman–Crippen MR) is 68.9 cm³/mol. The van der Waals surface area contributed by atoms with Crippen LogP contribution >= 0.6 is 0 Å². The number of hydrogen-bond acceptors (Lipinski definition) is 4. The van der Waals surface area contributed by atoms with Crippen LogP contribution in [-0.2, 0) is 4.79 Å². The Hall–Kier alpha value is -2.22. The van der Waals surface area contributed by atoms with Gasteiger partial charge in [-0.2, -0.15) is 5.26 Å². The van der Waals surface area contributed by atoms with E-state index < -0.39 is 0 Å². The molecule has 1 saturated heterocycles. The van der Waals surface area contributed by atoms with Gasteiger partial charge in [-0.25, -0.2) is 0 Å². The van der Waals surface area contributed by atoms with Crippen molar-refractivity contribution in [1.29, 1.82) is 5.26 Å². The summed E-state index contributed by atoms with van der Waals surface area (Å²) in [6, 6.07) is 7.27. The van der Waals surface area contributed by atoms with Gasteiger partial charge in [0, 0.05) is 18.9 Å². The lowest BCUT2D eigenvalue weighted by Crippen LogP contribution is -2.35. The van der Waals surface area contributed by atoms with Gasteiger partial charge in [-0.3, -0.25) is 4.79 Å². The molecule has 19 heavy (non-hydrogen) atoms. The minimum Gasteiger partial charge on any atom is -0.493 e. The molecular formula is C14H16N2O3. The highest BCUT2D eigenvalue weighted by Gasteiger charge is 2.20. The van der Waals surface area contributed by atoms with Crippen LogP contribution in [0.5, 0.6) is 11.5 Å². The van der Waals surface area contributed by atoms with E-state index in [9.17, 15) is 4.79 Å². The fraction of sp³-hybridized carbons (Fsp3) is 0.429. The zero-order valence-corrected chi connectivity index (χ0v) is 10.8. The summed E-state index contributed by atoms with van der Waals surface area (Å²) >= 11 is 0. The van der Waals surface area contributed by atoms with Gasteiger partial charge in [-0.1, -0.05) is 6.07 Å². The van der Waals surface area contributed by atoms with E-state index in [1.807, 2.05) is 0 Å². The highest BCUT2D eigenvalue weighted by atomic mass is 16.5. The van der Waals surface area contributed by atoms with Crippen LogP contribution in [0.1, 0.15) is 18.4 Å². The van der Waals surface area contributed by atoms with Gasteiger partial charge in [-0.05, 0) is 18.6 Å². The number of piperidine rings is 1. The van der Waals surface area contributed by atoms with Gasteiger partial charge in [0.05, 0.1) is 19.3 Å². The van der Waals surface area contributed by atoms with Crippen molar-refractivity contribution >= 4 is 5.91 Å². The number of nitrogens with zero attached hydrogens (tertiary/aromatic N) is 1. The lowest BCUT2D eigenvalue weighted by molar-refractivity contribution is -0.123. The van der Waals surface area contributed by atoms with Crippen LogP contribution in [-0.4, -0.2) is 26.2 Å². The number of carbonyl (C=O) groups excluding carboxylic acids is 1. The molecule has 1 aliphatic heterocycles. The molecule has 1 aromatic rings. The van der Waals surface area contributed by atoms with Crippen LogP contribution in [0.4, 0.5) is 0 Å². The summed E-state index contributed by atoms with van der Waals surface area (Å²) in [4.78, 5) is 11.3. The number of amides is 1. The number of methoxy groups -OCH3 is 1. The van der Waals surface area contributed by atoms with Crippen molar-refractivity contribution in [3.8, 4) is 17.6 Å². The highest BCUT2D eigenvalue weighted by Crippen LogP contribution is 2.31. The molecule has 1 aromatic carbocycles. The molecule has 0 saturated carbocycles. The number of carbonyl (C=O) groups is 1. The maximum absolute atomic E-state index is 11.3. The van der Waals surface area contributed by atoms with E-state index in [-0.39, 0.29) is 11.8 Å². The normalized spacial score (nSPS) is 18.3. The van der Waals surface area contributed by atoms with Crippen LogP contribution in [0.25, 0.3) is 0 Å². The number of para-hydroxylation sites is 1. The second kappa shape index (κ2) is 6.10. The Balaban J connectivity index is 2.06. The molecule has 0 aliphatic carbocycles. The summed E-state index contributed by atoms with van der Waals surface area (Å²) in [7, 11) is 1.54. The summed E-state index contributed by atoms with van der Waals surface area (Å²) in [6.07, 6.45) is 1.36. The number of nitrogens with one attached hydrogen (secondary N) is 1. The van der Waals surface area contributed by atoms with E-state index in [1.54, 1.807) is 18.2 Å². The van der Waals surface area contributed by atoms with E-state index >= 15 is 0 Å². The Kier molecular flexibility index (Phi) is 4.24. The largest absolute Gasteiger partial charge is 0.493 e. The van der Waals surface area contributed by atoms with Crippen molar-refractivity contribution in [2.24, 2.45) is 5.92 Å². The molecule has 5 nitrogen and oxygen atoms in total. The number of rotatable bonds is 4. The number of ether oxygens (including phenoxy) is 2. The maximum atomic E-state index is 11.3. The van der Waals surface area contributed by atoms with Crippen LogP contribution < -0.4 is 14.8 Å². The number of benzene rings is 1. The maximum Gasteiger partial charge on any atom is 0.220 e. The first-order chi connectivity index (χ1) is 9.24. The van der Waals surface area contributed by atoms with Gasteiger partial charge in [0.1, 0.15) is 6.07 Å². The molecule has 5 heteroatoms. The van der Waals surface area contributed by atoms with Crippen LogP contribution in [0.15, 0.2) is 18.2 Å². The minimum atomic E-state index is 0.0559. The first-order valence-corrected chi connectivity index (χ1v) is 6.21. The molecule has 1 amide bonds. The monoisotopic (exact) mass is 260 g/mol. The quantitative estimate of drug-likeness (QED) is 0.890. The number of nitriles is 1. The van der Waals surface area contributed by atoms with Crippen molar-refractivity contribution < 1.29 is 14.3 Å². The molecular weight excluding hydrogens is 244 g/mol. The lowest BCUT2D eigenvalue weighted by Gasteiger charge is -2.22. The third kappa shape index (κ3) is 3.16. The summed E-state index contributed by atoms with van der Waals surface area (Å²) in [5.41, 5.74) is 0.444.